The molecule has 1 saturated heterocycles. The molecule has 7 heteroatoms. The standard InChI is InChI=1S/C7H12N6O/c1-13-7(10-11-12-13)9-5-2-3-6(14)8-4-5/h5H,2-4H2,1H3,(H,8,14)(H,9,10,12). The minimum absolute atomic E-state index is 0.110. The van der Waals surface area contributed by atoms with Crippen LogP contribution in [0.5, 0.6) is 0 Å². The van der Waals surface area contributed by atoms with Crippen molar-refractivity contribution in [2.45, 2.75) is 18.9 Å². The molecule has 0 spiro atoms. The van der Waals surface area contributed by atoms with Crippen LogP contribution >= 0.6 is 0 Å². The van der Waals surface area contributed by atoms with Crippen molar-refractivity contribution < 1.29 is 4.79 Å². The summed E-state index contributed by atoms with van der Waals surface area (Å²) in [7, 11) is 1.77. The number of rotatable bonds is 2. The van der Waals surface area contributed by atoms with E-state index >= 15 is 0 Å². The second-order valence-electron chi connectivity index (χ2n) is 3.31. The number of carbonyl (C=O) groups excluding carboxylic acids is 1. The highest BCUT2D eigenvalue weighted by molar-refractivity contribution is 5.76. The monoisotopic (exact) mass is 196 g/mol. The number of nitrogens with zero attached hydrogens (tertiary/aromatic N) is 4. The molecule has 1 unspecified atom stereocenters. The first-order chi connectivity index (χ1) is 6.75. The Hall–Kier alpha value is -1.66. The molecule has 1 aliphatic heterocycles. The zero-order valence-corrected chi connectivity index (χ0v) is 7.90. The van der Waals surface area contributed by atoms with Crippen LogP contribution in [0, 0.1) is 0 Å². The molecule has 14 heavy (non-hydrogen) atoms. The number of tetrazole rings is 1. The fourth-order valence-electron chi connectivity index (χ4n) is 1.39. The fourth-order valence-corrected chi connectivity index (χ4v) is 1.39. The van der Waals surface area contributed by atoms with Crippen LogP contribution in [0.15, 0.2) is 0 Å². The van der Waals surface area contributed by atoms with Crippen molar-refractivity contribution >= 4 is 11.9 Å². The molecule has 1 aromatic rings. The molecule has 2 rings (SSSR count). The maximum Gasteiger partial charge on any atom is 0.242 e. The maximum absolute atomic E-state index is 10.9. The van der Waals surface area contributed by atoms with E-state index in [-0.39, 0.29) is 11.9 Å². The second kappa shape index (κ2) is 3.60. The average Bonchev–Trinajstić information content (AvgIpc) is 2.56. The lowest BCUT2D eigenvalue weighted by atomic mass is 10.1. The number of aromatic nitrogens is 4. The molecule has 1 atom stereocenters. The highest BCUT2D eigenvalue weighted by Gasteiger charge is 2.18. The first kappa shape index (κ1) is 8.92. The maximum atomic E-state index is 10.9. The average molecular weight is 196 g/mol. The predicted molar refractivity (Wildman–Crippen MR) is 48.5 cm³/mol. The molecule has 0 radical (unpaired) electrons. The smallest absolute Gasteiger partial charge is 0.242 e. The third-order valence-electron chi connectivity index (χ3n) is 2.22. The predicted octanol–water partition coefficient (Wildman–Crippen LogP) is -1.10. The molecule has 0 aliphatic carbocycles. The fraction of sp³-hybridized carbons (Fsp3) is 0.714. The van der Waals surface area contributed by atoms with E-state index in [1.807, 2.05) is 0 Å². The van der Waals surface area contributed by atoms with Gasteiger partial charge in [0.25, 0.3) is 0 Å². The molecule has 2 heterocycles. The molecule has 0 aromatic carbocycles. The summed E-state index contributed by atoms with van der Waals surface area (Å²) < 4.78 is 1.57. The summed E-state index contributed by atoms with van der Waals surface area (Å²) in [6.07, 6.45) is 1.38. The van der Waals surface area contributed by atoms with Crippen LogP contribution in [-0.2, 0) is 11.8 Å². The van der Waals surface area contributed by atoms with E-state index in [4.69, 9.17) is 0 Å². The van der Waals surface area contributed by atoms with Crippen LogP contribution in [0.4, 0.5) is 5.95 Å². The van der Waals surface area contributed by atoms with Gasteiger partial charge in [0.2, 0.25) is 11.9 Å². The lowest BCUT2D eigenvalue weighted by Crippen LogP contribution is -2.42. The Balaban J connectivity index is 1.92. The first-order valence-electron chi connectivity index (χ1n) is 4.51. The molecule has 1 amide bonds. The van der Waals surface area contributed by atoms with Gasteiger partial charge in [-0.05, 0) is 16.8 Å². The zero-order valence-electron chi connectivity index (χ0n) is 7.90. The topological polar surface area (TPSA) is 84.7 Å². The van der Waals surface area contributed by atoms with Crippen molar-refractivity contribution in [1.82, 2.24) is 25.5 Å². The van der Waals surface area contributed by atoms with E-state index in [0.29, 0.717) is 18.9 Å². The molecule has 1 aromatic heterocycles. The number of hydrogen-bond acceptors (Lipinski definition) is 5. The SMILES string of the molecule is Cn1nnnc1NC1CCC(=O)NC1. The van der Waals surface area contributed by atoms with Gasteiger partial charge >= 0.3 is 0 Å². The van der Waals surface area contributed by atoms with Crippen molar-refractivity contribution in [1.29, 1.82) is 0 Å². The molecule has 2 N–H and O–H groups in total. The van der Waals surface area contributed by atoms with Crippen LogP contribution in [-0.4, -0.2) is 38.7 Å². The van der Waals surface area contributed by atoms with E-state index in [9.17, 15) is 4.79 Å². The van der Waals surface area contributed by atoms with Gasteiger partial charge in [-0.2, -0.15) is 0 Å². The van der Waals surface area contributed by atoms with E-state index in [1.54, 1.807) is 11.7 Å². The van der Waals surface area contributed by atoms with Gasteiger partial charge in [-0.15, -0.1) is 0 Å². The van der Waals surface area contributed by atoms with Gasteiger partial charge in [0, 0.05) is 26.1 Å². The van der Waals surface area contributed by atoms with Crippen LogP contribution in [0.2, 0.25) is 0 Å². The number of nitrogens with one attached hydrogen (secondary N) is 2. The third kappa shape index (κ3) is 1.81. The minimum Gasteiger partial charge on any atom is -0.354 e. The quantitative estimate of drug-likeness (QED) is 0.627. The Kier molecular flexibility index (Phi) is 2.30. The van der Waals surface area contributed by atoms with E-state index < -0.39 is 0 Å². The van der Waals surface area contributed by atoms with Crippen molar-refractivity contribution in [3.63, 3.8) is 0 Å². The Bertz CT molecular complexity index is 325. The Labute approximate surface area is 80.9 Å². The number of carbonyl (C=O) groups is 1. The van der Waals surface area contributed by atoms with Crippen molar-refractivity contribution in [2.75, 3.05) is 11.9 Å². The van der Waals surface area contributed by atoms with E-state index in [2.05, 4.69) is 26.2 Å². The molecule has 7 nitrogen and oxygen atoms in total. The van der Waals surface area contributed by atoms with Crippen molar-refractivity contribution in [3.8, 4) is 0 Å². The number of hydrogen-bond donors (Lipinski definition) is 2. The van der Waals surface area contributed by atoms with Gasteiger partial charge in [-0.3, -0.25) is 4.79 Å². The van der Waals surface area contributed by atoms with Gasteiger partial charge in [-0.25, -0.2) is 4.68 Å². The lowest BCUT2D eigenvalue weighted by molar-refractivity contribution is -0.122. The third-order valence-corrected chi connectivity index (χ3v) is 2.22. The van der Waals surface area contributed by atoms with Crippen molar-refractivity contribution in [2.24, 2.45) is 7.05 Å². The Morgan fingerprint density at radius 3 is 3.07 bits per heavy atom. The molecule has 0 saturated carbocycles. The zero-order chi connectivity index (χ0) is 9.97. The van der Waals surface area contributed by atoms with Crippen LogP contribution < -0.4 is 10.6 Å². The van der Waals surface area contributed by atoms with Gasteiger partial charge in [-0.1, -0.05) is 5.10 Å². The van der Waals surface area contributed by atoms with Gasteiger partial charge in [0.15, 0.2) is 0 Å². The summed E-state index contributed by atoms with van der Waals surface area (Å²) in [6.45, 7) is 0.631. The van der Waals surface area contributed by atoms with Crippen LogP contribution in [0.3, 0.4) is 0 Å². The normalized spacial score (nSPS) is 21.8. The lowest BCUT2D eigenvalue weighted by Gasteiger charge is -2.23. The van der Waals surface area contributed by atoms with E-state index in [0.717, 1.165) is 6.42 Å². The summed E-state index contributed by atoms with van der Waals surface area (Å²) in [6, 6.07) is 0.220. The summed E-state index contributed by atoms with van der Waals surface area (Å²) in [5, 5.41) is 17.0. The number of piperidine rings is 1. The molecule has 0 bridgehead atoms. The van der Waals surface area contributed by atoms with Crippen LogP contribution in [0.25, 0.3) is 0 Å². The van der Waals surface area contributed by atoms with Crippen molar-refractivity contribution in [3.05, 3.63) is 0 Å². The summed E-state index contributed by atoms with van der Waals surface area (Å²) >= 11 is 0. The highest BCUT2D eigenvalue weighted by atomic mass is 16.1. The number of aryl methyl sites for hydroxylation is 1. The molecule has 76 valence electrons. The van der Waals surface area contributed by atoms with Crippen LogP contribution in [0.1, 0.15) is 12.8 Å². The Morgan fingerprint density at radius 1 is 1.64 bits per heavy atom. The molecular weight excluding hydrogens is 184 g/mol. The molecule has 1 aliphatic rings. The van der Waals surface area contributed by atoms with Gasteiger partial charge in [0.05, 0.1) is 0 Å². The Morgan fingerprint density at radius 2 is 2.50 bits per heavy atom. The molecular formula is C7H12N6O. The van der Waals surface area contributed by atoms with Gasteiger partial charge < -0.3 is 10.6 Å². The first-order valence-corrected chi connectivity index (χ1v) is 4.51. The number of amides is 1. The van der Waals surface area contributed by atoms with E-state index in [1.165, 1.54) is 0 Å². The molecule has 1 fully saturated rings. The summed E-state index contributed by atoms with van der Waals surface area (Å²) in [5.74, 6) is 0.741. The second-order valence-corrected chi connectivity index (χ2v) is 3.31. The summed E-state index contributed by atoms with van der Waals surface area (Å²) in [4.78, 5) is 10.9. The largest absolute Gasteiger partial charge is 0.354 e. The number of anilines is 1. The minimum atomic E-state index is 0.110. The van der Waals surface area contributed by atoms with Gasteiger partial charge in [0.1, 0.15) is 0 Å². The summed E-state index contributed by atoms with van der Waals surface area (Å²) in [5.41, 5.74) is 0. The highest BCUT2D eigenvalue weighted by Crippen LogP contribution is 2.08.